The third kappa shape index (κ3) is 3.93. The molecule has 4 aromatic rings. The Morgan fingerprint density at radius 2 is 1.52 bits per heavy atom. The molecule has 7 nitrogen and oxygen atoms in total. The van der Waals surface area contributed by atoms with Gasteiger partial charge in [0.15, 0.2) is 11.7 Å². The Kier molecular flexibility index (Phi) is 5.32. The summed E-state index contributed by atoms with van der Waals surface area (Å²) in [4.78, 5) is 38.4. The van der Waals surface area contributed by atoms with Crippen LogP contribution in [0.4, 0.5) is 5.69 Å². The van der Waals surface area contributed by atoms with E-state index in [4.69, 9.17) is 0 Å². The number of hydrogen-bond donors (Lipinski definition) is 2. The Morgan fingerprint density at radius 1 is 0.903 bits per heavy atom. The van der Waals surface area contributed by atoms with Crippen molar-refractivity contribution in [2.24, 2.45) is 0 Å². The van der Waals surface area contributed by atoms with Crippen molar-refractivity contribution in [1.82, 2.24) is 9.78 Å². The molecule has 0 unspecified atom stereocenters. The standard InChI is InChI=1S/C24H19N3O4/c1-15-11-13-17(14-12-15)25-22(28)21(16-7-3-2-4-8-16)27-23(29)19-10-6-5-9-18(19)20(26-27)24(30)31/h2-14,21H,1H3,(H,25,28)(H,30,31)/t21-/m1/s1. The van der Waals surface area contributed by atoms with Gasteiger partial charge in [0.25, 0.3) is 11.5 Å². The molecule has 0 fully saturated rings. The number of rotatable bonds is 5. The molecule has 1 aromatic heterocycles. The molecular formula is C24H19N3O4. The van der Waals surface area contributed by atoms with Gasteiger partial charge < -0.3 is 10.4 Å². The summed E-state index contributed by atoms with van der Waals surface area (Å²) in [5.74, 6) is -1.79. The third-order valence-electron chi connectivity index (χ3n) is 4.96. The van der Waals surface area contributed by atoms with Crippen LogP contribution in [0.2, 0.25) is 0 Å². The first-order valence-electron chi connectivity index (χ1n) is 9.63. The van der Waals surface area contributed by atoms with Crippen LogP contribution in [0.25, 0.3) is 10.8 Å². The van der Waals surface area contributed by atoms with E-state index in [0.717, 1.165) is 10.2 Å². The number of fused-ring (bicyclic) bond motifs is 1. The van der Waals surface area contributed by atoms with Crippen molar-refractivity contribution in [2.45, 2.75) is 13.0 Å². The van der Waals surface area contributed by atoms with Crippen LogP contribution < -0.4 is 10.9 Å². The molecule has 0 aliphatic heterocycles. The summed E-state index contributed by atoms with van der Waals surface area (Å²) in [6, 6.07) is 21.1. The Labute approximate surface area is 177 Å². The van der Waals surface area contributed by atoms with Crippen LogP contribution in [0.3, 0.4) is 0 Å². The molecule has 0 saturated carbocycles. The third-order valence-corrected chi connectivity index (χ3v) is 4.96. The molecular weight excluding hydrogens is 394 g/mol. The molecule has 0 aliphatic carbocycles. The van der Waals surface area contributed by atoms with E-state index >= 15 is 0 Å². The zero-order valence-corrected chi connectivity index (χ0v) is 16.6. The first kappa shape index (κ1) is 20.0. The van der Waals surface area contributed by atoms with Crippen LogP contribution >= 0.6 is 0 Å². The molecule has 154 valence electrons. The lowest BCUT2D eigenvalue weighted by Gasteiger charge is -2.20. The lowest BCUT2D eigenvalue weighted by Crippen LogP contribution is -2.37. The van der Waals surface area contributed by atoms with Gasteiger partial charge in [-0.25, -0.2) is 9.48 Å². The molecule has 0 spiro atoms. The van der Waals surface area contributed by atoms with Gasteiger partial charge in [-0.3, -0.25) is 9.59 Å². The number of carbonyl (C=O) groups excluding carboxylic acids is 1. The second kappa shape index (κ2) is 8.23. The molecule has 7 heteroatoms. The summed E-state index contributed by atoms with van der Waals surface area (Å²) in [5.41, 5.74) is 1.26. The minimum atomic E-state index is -1.28. The van der Waals surface area contributed by atoms with E-state index in [-0.39, 0.29) is 16.5 Å². The van der Waals surface area contributed by atoms with Crippen molar-refractivity contribution in [3.8, 4) is 0 Å². The van der Waals surface area contributed by atoms with Crippen LogP contribution in [-0.4, -0.2) is 26.8 Å². The first-order valence-corrected chi connectivity index (χ1v) is 9.63. The summed E-state index contributed by atoms with van der Waals surface area (Å²) in [5, 5.41) is 17.0. The van der Waals surface area contributed by atoms with E-state index in [9.17, 15) is 19.5 Å². The molecule has 0 saturated heterocycles. The number of aromatic carboxylic acids is 1. The fourth-order valence-corrected chi connectivity index (χ4v) is 3.43. The molecule has 1 amide bonds. The highest BCUT2D eigenvalue weighted by Crippen LogP contribution is 2.22. The fraction of sp³-hybridized carbons (Fsp3) is 0.0833. The number of nitrogens with one attached hydrogen (secondary N) is 1. The first-order chi connectivity index (χ1) is 15.0. The molecule has 0 aliphatic rings. The minimum absolute atomic E-state index is 0.180. The van der Waals surface area contributed by atoms with E-state index in [1.54, 1.807) is 54.6 Å². The Hall–Kier alpha value is -4.26. The topological polar surface area (TPSA) is 101 Å². The Morgan fingerprint density at radius 3 is 2.16 bits per heavy atom. The van der Waals surface area contributed by atoms with Crippen LogP contribution in [0.5, 0.6) is 0 Å². The summed E-state index contributed by atoms with van der Waals surface area (Å²) >= 11 is 0. The molecule has 4 rings (SSSR count). The number of anilines is 1. The van der Waals surface area contributed by atoms with Gasteiger partial charge in [0.05, 0.1) is 5.39 Å². The highest BCUT2D eigenvalue weighted by molar-refractivity contribution is 6.01. The average molecular weight is 413 g/mol. The van der Waals surface area contributed by atoms with E-state index in [0.29, 0.717) is 11.3 Å². The molecule has 1 atom stereocenters. The quantitative estimate of drug-likeness (QED) is 0.520. The maximum Gasteiger partial charge on any atom is 0.357 e. The van der Waals surface area contributed by atoms with Crippen molar-refractivity contribution in [1.29, 1.82) is 0 Å². The molecule has 1 heterocycles. The highest BCUT2D eigenvalue weighted by Gasteiger charge is 2.28. The number of carboxylic acids is 1. The highest BCUT2D eigenvalue weighted by atomic mass is 16.4. The van der Waals surface area contributed by atoms with Gasteiger partial charge in [0.1, 0.15) is 0 Å². The van der Waals surface area contributed by atoms with E-state index < -0.39 is 23.5 Å². The largest absolute Gasteiger partial charge is 0.476 e. The van der Waals surface area contributed by atoms with Crippen LogP contribution in [0, 0.1) is 6.92 Å². The zero-order chi connectivity index (χ0) is 22.0. The van der Waals surface area contributed by atoms with Gasteiger partial charge >= 0.3 is 5.97 Å². The number of aryl methyl sites for hydroxylation is 1. The smallest absolute Gasteiger partial charge is 0.357 e. The summed E-state index contributed by atoms with van der Waals surface area (Å²) in [6.07, 6.45) is 0. The predicted molar refractivity (Wildman–Crippen MR) is 117 cm³/mol. The molecule has 0 radical (unpaired) electrons. The summed E-state index contributed by atoms with van der Waals surface area (Å²) < 4.78 is 0.949. The van der Waals surface area contributed by atoms with Gasteiger partial charge in [0.2, 0.25) is 0 Å². The normalized spacial score (nSPS) is 11.8. The van der Waals surface area contributed by atoms with Crippen molar-refractivity contribution >= 4 is 28.3 Å². The maximum absolute atomic E-state index is 13.3. The lowest BCUT2D eigenvalue weighted by molar-refractivity contribution is -0.118. The number of carbonyl (C=O) groups is 2. The van der Waals surface area contributed by atoms with Crippen molar-refractivity contribution in [3.05, 3.63) is 106 Å². The fourth-order valence-electron chi connectivity index (χ4n) is 3.43. The minimum Gasteiger partial charge on any atom is -0.476 e. The maximum atomic E-state index is 13.3. The number of amides is 1. The predicted octanol–water partition coefficient (Wildman–Crippen LogP) is 3.63. The molecule has 3 aromatic carbocycles. The van der Waals surface area contributed by atoms with Crippen LogP contribution in [0.15, 0.2) is 83.7 Å². The number of aromatic nitrogens is 2. The van der Waals surface area contributed by atoms with Crippen molar-refractivity contribution in [2.75, 3.05) is 5.32 Å². The van der Waals surface area contributed by atoms with Crippen molar-refractivity contribution in [3.63, 3.8) is 0 Å². The number of carboxylic acid groups (broad SMARTS) is 1. The summed E-state index contributed by atoms with van der Waals surface area (Å²) in [6.45, 7) is 1.93. The van der Waals surface area contributed by atoms with Gasteiger partial charge in [-0.2, -0.15) is 5.10 Å². The van der Waals surface area contributed by atoms with Gasteiger partial charge in [-0.05, 0) is 30.7 Å². The molecule has 2 N–H and O–H groups in total. The Balaban J connectivity index is 1.90. The van der Waals surface area contributed by atoms with E-state index in [1.807, 2.05) is 19.1 Å². The SMILES string of the molecule is Cc1ccc(NC(=O)[C@@H](c2ccccc2)n2nc(C(=O)O)c3ccccc3c2=O)cc1. The van der Waals surface area contributed by atoms with Crippen LogP contribution in [0.1, 0.15) is 27.7 Å². The van der Waals surface area contributed by atoms with Gasteiger partial charge in [0, 0.05) is 11.1 Å². The van der Waals surface area contributed by atoms with Gasteiger partial charge in [-0.15, -0.1) is 0 Å². The molecule has 0 bridgehead atoms. The second-order valence-corrected chi connectivity index (χ2v) is 7.12. The second-order valence-electron chi connectivity index (χ2n) is 7.12. The average Bonchev–Trinajstić information content (AvgIpc) is 2.78. The molecule has 31 heavy (non-hydrogen) atoms. The Bertz CT molecular complexity index is 1330. The number of benzene rings is 3. The summed E-state index contributed by atoms with van der Waals surface area (Å²) in [7, 11) is 0. The number of hydrogen-bond acceptors (Lipinski definition) is 4. The monoisotopic (exact) mass is 413 g/mol. The number of nitrogens with zero attached hydrogens (tertiary/aromatic N) is 2. The van der Waals surface area contributed by atoms with Crippen molar-refractivity contribution < 1.29 is 14.7 Å². The zero-order valence-electron chi connectivity index (χ0n) is 16.6. The van der Waals surface area contributed by atoms with E-state index in [1.165, 1.54) is 12.1 Å². The van der Waals surface area contributed by atoms with Gasteiger partial charge in [-0.1, -0.05) is 66.2 Å². The van der Waals surface area contributed by atoms with Crippen LogP contribution in [-0.2, 0) is 4.79 Å². The lowest BCUT2D eigenvalue weighted by atomic mass is 10.1. The van der Waals surface area contributed by atoms with E-state index in [2.05, 4.69) is 10.4 Å².